The third-order valence-electron chi connectivity index (χ3n) is 4.92. The van der Waals surface area contributed by atoms with Crippen LogP contribution >= 0.6 is 0 Å². The number of methoxy groups -OCH3 is 2. The Morgan fingerprint density at radius 3 is 2.07 bits per heavy atom. The highest BCUT2D eigenvalue weighted by Gasteiger charge is 2.47. The standard InChI is InChI=1S/C22H28O7/c1-25-17-10-8-16(9-11-17)14-27-20-19(24)18(12-23)29-22(26-2)21(20)28-13-15-6-4-3-5-7-15/h3-11,18-24H,12-14H2,1-2H3/t18-,19-,20+,21-,22+/m1/s1. The van der Waals surface area contributed by atoms with E-state index in [2.05, 4.69) is 0 Å². The number of benzene rings is 2. The lowest BCUT2D eigenvalue weighted by atomic mass is 9.98. The van der Waals surface area contributed by atoms with Crippen LogP contribution in [0.1, 0.15) is 11.1 Å². The van der Waals surface area contributed by atoms with E-state index in [1.54, 1.807) is 7.11 Å². The number of aliphatic hydroxyl groups excluding tert-OH is 2. The fraction of sp³-hybridized carbons (Fsp3) is 0.455. The molecule has 0 aromatic heterocycles. The van der Waals surface area contributed by atoms with Crippen molar-refractivity contribution in [3.05, 3.63) is 65.7 Å². The molecule has 0 spiro atoms. The summed E-state index contributed by atoms with van der Waals surface area (Å²) < 4.78 is 28.3. The van der Waals surface area contributed by atoms with Gasteiger partial charge in [0.15, 0.2) is 6.29 Å². The lowest BCUT2D eigenvalue weighted by Gasteiger charge is -2.43. The summed E-state index contributed by atoms with van der Waals surface area (Å²) in [5.74, 6) is 0.753. The van der Waals surface area contributed by atoms with Gasteiger partial charge in [-0.1, -0.05) is 42.5 Å². The molecular weight excluding hydrogens is 376 g/mol. The van der Waals surface area contributed by atoms with Crippen LogP contribution in [-0.4, -0.2) is 61.7 Å². The van der Waals surface area contributed by atoms with Crippen LogP contribution in [0.15, 0.2) is 54.6 Å². The van der Waals surface area contributed by atoms with E-state index in [-0.39, 0.29) is 13.2 Å². The molecule has 158 valence electrons. The maximum absolute atomic E-state index is 10.7. The van der Waals surface area contributed by atoms with Crippen LogP contribution in [-0.2, 0) is 32.2 Å². The zero-order valence-electron chi connectivity index (χ0n) is 16.6. The fourth-order valence-corrected chi connectivity index (χ4v) is 3.28. The van der Waals surface area contributed by atoms with Gasteiger partial charge in [-0.2, -0.15) is 0 Å². The molecule has 0 bridgehead atoms. The number of aliphatic hydroxyl groups is 2. The Bertz CT molecular complexity index is 722. The first-order chi connectivity index (χ1) is 14.2. The molecule has 7 heteroatoms. The molecule has 5 atom stereocenters. The van der Waals surface area contributed by atoms with Crippen LogP contribution in [0.2, 0.25) is 0 Å². The fourth-order valence-electron chi connectivity index (χ4n) is 3.28. The minimum absolute atomic E-state index is 0.255. The van der Waals surface area contributed by atoms with Gasteiger partial charge in [-0.15, -0.1) is 0 Å². The van der Waals surface area contributed by atoms with E-state index in [0.29, 0.717) is 6.61 Å². The summed E-state index contributed by atoms with van der Waals surface area (Å²) >= 11 is 0. The minimum atomic E-state index is -1.06. The summed E-state index contributed by atoms with van der Waals surface area (Å²) in [7, 11) is 3.11. The van der Waals surface area contributed by atoms with Gasteiger partial charge in [0, 0.05) is 7.11 Å². The van der Waals surface area contributed by atoms with Crippen molar-refractivity contribution in [3.8, 4) is 5.75 Å². The Labute approximate surface area is 170 Å². The van der Waals surface area contributed by atoms with Gasteiger partial charge in [0.25, 0.3) is 0 Å². The first kappa shape index (κ1) is 21.7. The highest BCUT2D eigenvalue weighted by atomic mass is 16.7. The van der Waals surface area contributed by atoms with Gasteiger partial charge >= 0.3 is 0 Å². The maximum atomic E-state index is 10.7. The van der Waals surface area contributed by atoms with Crippen LogP contribution < -0.4 is 4.74 Å². The maximum Gasteiger partial charge on any atom is 0.186 e. The molecule has 1 fully saturated rings. The van der Waals surface area contributed by atoms with Crippen LogP contribution in [0.25, 0.3) is 0 Å². The average molecular weight is 404 g/mol. The van der Waals surface area contributed by atoms with Gasteiger partial charge in [-0.05, 0) is 23.3 Å². The van der Waals surface area contributed by atoms with Gasteiger partial charge in [0.05, 0.1) is 26.9 Å². The smallest absolute Gasteiger partial charge is 0.186 e. The van der Waals surface area contributed by atoms with Crippen molar-refractivity contribution in [1.82, 2.24) is 0 Å². The van der Waals surface area contributed by atoms with Crippen molar-refractivity contribution in [2.24, 2.45) is 0 Å². The number of hydrogen-bond acceptors (Lipinski definition) is 7. The number of hydrogen-bond donors (Lipinski definition) is 2. The van der Waals surface area contributed by atoms with Crippen LogP contribution in [0.4, 0.5) is 0 Å². The molecule has 2 N–H and O–H groups in total. The van der Waals surface area contributed by atoms with Gasteiger partial charge < -0.3 is 33.9 Å². The van der Waals surface area contributed by atoms with E-state index in [4.69, 9.17) is 23.7 Å². The highest BCUT2D eigenvalue weighted by Crippen LogP contribution is 2.28. The van der Waals surface area contributed by atoms with Crippen molar-refractivity contribution < 1.29 is 33.9 Å². The van der Waals surface area contributed by atoms with Gasteiger partial charge in [0.2, 0.25) is 0 Å². The van der Waals surface area contributed by atoms with Crippen molar-refractivity contribution in [2.75, 3.05) is 20.8 Å². The third kappa shape index (κ3) is 5.54. The summed E-state index contributed by atoms with van der Waals surface area (Å²) in [6, 6.07) is 17.2. The van der Waals surface area contributed by atoms with Gasteiger partial charge in [-0.3, -0.25) is 0 Å². The summed E-state index contributed by atoms with van der Waals surface area (Å²) in [6.07, 6.45) is -4.07. The van der Waals surface area contributed by atoms with E-state index in [0.717, 1.165) is 16.9 Å². The second-order valence-electron chi connectivity index (χ2n) is 6.84. The second kappa shape index (κ2) is 10.7. The Morgan fingerprint density at radius 1 is 0.862 bits per heavy atom. The predicted octanol–water partition coefficient (Wildman–Crippen LogP) is 1.89. The van der Waals surface area contributed by atoms with Gasteiger partial charge in [0.1, 0.15) is 30.2 Å². The first-order valence-corrected chi connectivity index (χ1v) is 9.53. The summed E-state index contributed by atoms with van der Waals surface area (Å²) in [6.45, 7) is 0.216. The van der Waals surface area contributed by atoms with E-state index >= 15 is 0 Å². The van der Waals surface area contributed by atoms with E-state index < -0.39 is 30.7 Å². The van der Waals surface area contributed by atoms with Crippen molar-refractivity contribution in [1.29, 1.82) is 0 Å². The Hall–Kier alpha value is -2.00. The van der Waals surface area contributed by atoms with Crippen molar-refractivity contribution >= 4 is 0 Å². The molecule has 0 radical (unpaired) electrons. The highest BCUT2D eigenvalue weighted by molar-refractivity contribution is 5.26. The second-order valence-corrected chi connectivity index (χ2v) is 6.84. The Balaban J connectivity index is 1.72. The lowest BCUT2D eigenvalue weighted by molar-refractivity contribution is -0.314. The zero-order chi connectivity index (χ0) is 20.6. The largest absolute Gasteiger partial charge is 0.497 e. The van der Waals surface area contributed by atoms with E-state index in [9.17, 15) is 10.2 Å². The molecular formula is C22H28O7. The molecule has 0 unspecified atom stereocenters. The molecule has 0 amide bonds. The third-order valence-corrected chi connectivity index (χ3v) is 4.92. The van der Waals surface area contributed by atoms with E-state index in [1.807, 2.05) is 54.6 Å². The topological polar surface area (TPSA) is 86.6 Å². The molecule has 3 rings (SSSR count). The van der Waals surface area contributed by atoms with E-state index in [1.165, 1.54) is 7.11 Å². The Kier molecular flexibility index (Phi) is 8.00. The molecule has 1 aliphatic heterocycles. The summed E-state index contributed by atoms with van der Waals surface area (Å²) in [4.78, 5) is 0. The Morgan fingerprint density at radius 2 is 1.48 bits per heavy atom. The molecule has 1 heterocycles. The van der Waals surface area contributed by atoms with Crippen LogP contribution in [0, 0.1) is 0 Å². The molecule has 2 aromatic rings. The molecule has 0 aliphatic carbocycles. The summed E-state index contributed by atoms with van der Waals surface area (Å²) in [5, 5.41) is 20.3. The summed E-state index contributed by atoms with van der Waals surface area (Å²) in [5.41, 5.74) is 1.90. The molecule has 7 nitrogen and oxygen atoms in total. The predicted molar refractivity (Wildman–Crippen MR) is 105 cm³/mol. The normalized spacial score (nSPS) is 27.0. The molecule has 1 saturated heterocycles. The first-order valence-electron chi connectivity index (χ1n) is 9.53. The van der Waals surface area contributed by atoms with Gasteiger partial charge in [-0.25, -0.2) is 0 Å². The van der Waals surface area contributed by atoms with Crippen molar-refractivity contribution in [2.45, 2.75) is 43.9 Å². The molecule has 2 aromatic carbocycles. The number of ether oxygens (including phenoxy) is 5. The SMILES string of the molecule is COc1ccc(CO[C@H]2[C@H](O)[C@@H](CO)O[C@H](OC)[C@@H]2OCc2ccccc2)cc1. The zero-order valence-corrected chi connectivity index (χ0v) is 16.6. The average Bonchev–Trinajstić information content (AvgIpc) is 2.78. The molecule has 1 aliphatic rings. The van der Waals surface area contributed by atoms with Crippen molar-refractivity contribution in [3.63, 3.8) is 0 Å². The lowest BCUT2D eigenvalue weighted by Crippen LogP contribution is -2.60. The van der Waals surface area contributed by atoms with Crippen LogP contribution in [0.3, 0.4) is 0 Å². The molecule has 29 heavy (non-hydrogen) atoms. The van der Waals surface area contributed by atoms with Crippen LogP contribution in [0.5, 0.6) is 5.75 Å². The quantitative estimate of drug-likeness (QED) is 0.660. The molecule has 0 saturated carbocycles. The number of rotatable bonds is 9. The monoisotopic (exact) mass is 404 g/mol. The minimum Gasteiger partial charge on any atom is -0.497 e.